The summed E-state index contributed by atoms with van der Waals surface area (Å²) >= 11 is 6.08. The summed E-state index contributed by atoms with van der Waals surface area (Å²) in [6.45, 7) is 2.47. The van der Waals surface area contributed by atoms with E-state index in [1.807, 2.05) is 49.4 Å². The van der Waals surface area contributed by atoms with Gasteiger partial charge in [0.2, 0.25) is 5.88 Å². The normalized spacial score (nSPS) is 25.3. The Morgan fingerprint density at radius 3 is 2.53 bits per heavy atom. The summed E-state index contributed by atoms with van der Waals surface area (Å²) in [5, 5.41) is 10.5. The molecule has 0 radical (unpaired) electrons. The van der Waals surface area contributed by atoms with Gasteiger partial charge in [-0.3, -0.25) is 0 Å². The summed E-state index contributed by atoms with van der Waals surface area (Å²) in [6.07, 6.45) is -0.398. The largest absolute Gasteiger partial charge is 0.493 e. The number of fused-ring (bicyclic) bond motifs is 1. The van der Waals surface area contributed by atoms with Gasteiger partial charge in [-0.2, -0.15) is 5.26 Å². The minimum atomic E-state index is -0.398. The monoisotopic (exact) mass is 426 g/mol. The van der Waals surface area contributed by atoms with E-state index in [-0.39, 0.29) is 23.8 Å². The van der Waals surface area contributed by atoms with Gasteiger partial charge < -0.3 is 19.9 Å². The van der Waals surface area contributed by atoms with E-state index in [2.05, 4.69) is 16.9 Å². The lowest BCUT2D eigenvalue weighted by Crippen LogP contribution is -2.40. The van der Waals surface area contributed by atoms with Crippen LogP contribution in [0, 0.1) is 17.2 Å². The summed E-state index contributed by atoms with van der Waals surface area (Å²) in [4.78, 5) is 0. The standard InChI is InChI=1S/C22H23ClN4O3/c1-3-29-16-9-6-13(10-17(16)28-2)20-19-18(12-4-7-14(23)8-5-12)15(11-24)21(25)30-22(19)27-26-20/h4-10,18-20,22,26-27H,3,25H2,1-2H3. The Balaban J connectivity index is 1.77. The van der Waals surface area contributed by atoms with Gasteiger partial charge >= 0.3 is 0 Å². The molecule has 0 bridgehead atoms. The Morgan fingerprint density at radius 2 is 1.87 bits per heavy atom. The zero-order chi connectivity index (χ0) is 21.3. The smallest absolute Gasteiger partial charge is 0.200 e. The molecule has 1 fully saturated rings. The molecule has 0 spiro atoms. The van der Waals surface area contributed by atoms with Crippen molar-refractivity contribution in [3.63, 3.8) is 0 Å². The first-order chi connectivity index (χ1) is 14.6. The van der Waals surface area contributed by atoms with Gasteiger partial charge in [0, 0.05) is 16.9 Å². The Kier molecular flexibility index (Phi) is 5.73. The molecule has 2 heterocycles. The first-order valence-electron chi connectivity index (χ1n) is 9.71. The lowest BCUT2D eigenvalue weighted by atomic mass is 9.74. The maximum absolute atomic E-state index is 9.83. The molecular formula is C22H23ClN4O3. The minimum Gasteiger partial charge on any atom is -0.493 e. The van der Waals surface area contributed by atoms with Crippen molar-refractivity contribution in [2.75, 3.05) is 13.7 Å². The van der Waals surface area contributed by atoms with E-state index in [1.54, 1.807) is 7.11 Å². The van der Waals surface area contributed by atoms with Crippen LogP contribution >= 0.6 is 11.6 Å². The van der Waals surface area contributed by atoms with E-state index in [0.29, 0.717) is 28.7 Å². The van der Waals surface area contributed by atoms with Gasteiger partial charge in [0.25, 0.3) is 0 Å². The van der Waals surface area contributed by atoms with E-state index in [1.165, 1.54) is 0 Å². The summed E-state index contributed by atoms with van der Waals surface area (Å²) in [6, 6.07) is 15.4. The number of nitrogens with zero attached hydrogens (tertiary/aromatic N) is 1. The fourth-order valence-electron chi connectivity index (χ4n) is 4.20. The third-order valence-electron chi connectivity index (χ3n) is 5.53. The predicted octanol–water partition coefficient (Wildman–Crippen LogP) is 3.35. The van der Waals surface area contributed by atoms with Gasteiger partial charge in [0.15, 0.2) is 17.7 Å². The number of nitrogens with one attached hydrogen (secondary N) is 2. The van der Waals surface area contributed by atoms with Crippen molar-refractivity contribution in [3.05, 3.63) is 70.1 Å². The first-order valence-corrected chi connectivity index (χ1v) is 10.1. The number of nitrogens with two attached hydrogens (primary N) is 1. The highest BCUT2D eigenvalue weighted by molar-refractivity contribution is 6.30. The quantitative estimate of drug-likeness (QED) is 0.673. The zero-order valence-electron chi connectivity index (χ0n) is 16.7. The molecule has 4 unspecified atom stereocenters. The van der Waals surface area contributed by atoms with Gasteiger partial charge in [-0.05, 0) is 42.3 Å². The van der Waals surface area contributed by atoms with Gasteiger partial charge in [0.05, 0.1) is 25.3 Å². The number of nitriles is 1. The highest BCUT2D eigenvalue weighted by Gasteiger charge is 2.49. The molecule has 2 aromatic rings. The summed E-state index contributed by atoms with van der Waals surface area (Å²) in [5.74, 6) is 1.07. The maximum atomic E-state index is 9.83. The number of methoxy groups -OCH3 is 1. The molecule has 156 valence electrons. The third-order valence-corrected chi connectivity index (χ3v) is 5.78. The molecule has 7 nitrogen and oxygen atoms in total. The molecule has 4 atom stereocenters. The summed E-state index contributed by atoms with van der Waals surface area (Å²) in [5.41, 5.74) is 14.9. The lowest BCUT2D eigenvalue weighted by molar-refractivity contribution is 0.0340. The number of hydrogen-bond acceptors (Lipinski definition) is 7. The van der Waals surface area contributed by atoms with E-state index in [0.717, 1.165) is 11.1 Å². The van der Waals surface area contributed by atoms with E-state index in [9.17, 15) is 5.26 Å². The summed E-state index contributed by atoms with van der Waals surface area (Å²) < 4.78 is 17.0. The molecule has 4 N–H and O–H groups in total. The first kappa shape index (κ1) is 20.4. The van der Waals surface area contributed by atoms with Gasteiger partial charge in [-0.1, -0.05) is 29.8 Å². The van der Waals surface area contributed by atoms with Crippen LogP contribution in [0.5, 0.6) is 11.5 Å². The Bertz CT molecular complexity index is 1000. The van der Waals surface area contributed by atoms with Crippen LogP contribution in [-0.4, -0.2) is 19.9 Å². The Labute approximate surface area is 180 Å². The lowest BCUT2D eigenvalue weighted by Gasteiger charge is -2.36. The number of halogens is 1. The molecule has 4 rings (SSSR count). The maximum Gasteiger partial charge on any atom is 0.200 e. The Morgan fingerprint density at radius 1 is 1.13 bits per heavy atom. The number of hydrazine groups is 1. The average molecular weight is 427 g/mol. The number of hydrogen-bond donors (Lipinski definition) is 3. The van der Waals surface area contributed by atoms with Crippen LogP contribution < -0.4 is 26.1 Å². The molecule has 0 aliphatic carbocycles. The molecule has 2 aliphatic rings. The highest BCUT2D eigenvalue weighted by Crippen LogP contribution is 2.48. The van der Waals surface area contributed by atoms with Crippen LogP contribution in [0.25, 0.3) is 0 Å². The molecule has 2 aliphatic heterocycles. The van der Waals surface area contributed by atoms with E-state index >= 15 is 0 Å². The van der Waals surface area contributed by atoms with Crippen molar-refractivity contribution < 1.29 is 14.2 Å². The molecular weight excluding hydrogens is 404 g/mol. The number of rotatable bonds is 5. The van der Waals surface area contributed by atoms with Crippen LogP contribution in [0.4, 0.5) is 0 Å². The van der Waals surface area contributed by atoms with Gasteiger partial charge in [0.1, 0.15) is 6.07 Å². The van der Waals surface area contributed by atoms with Crippen molar-refractivity contribution in [1.82, 2.24) is 10.9 Å². The van der Waals surface area contributed by atoms with Gasteiger partial charge in [-0.25, -0.2) is 10.9 Å². The third kappa shape index (κ3) is 3.54. The molecule has 1 saturated heterocycles. The van der Waals surface area contributed by atoms with Crippen molar-refractivity contribution >= 4 is 11.6 Å². The van der Waals surface area contributed by atoms with Crippen molar-refractivity contribution in [3.8, 4) is 17.6 Å². The van der Waals surface area contributed by atoms with E-state index in [4.69, 9.17) is 31.5 Å². The summed E-state index contributed by atoms with van der Waals surface area (Å²) in [7, 11) is 1.61. The molecule has 30 heavy (non-hydrogen) atoms. The topological polar surface area (TPSA) is 102 Å². The molecule has 8 heteroatoms. The number of benzene rings is 2. The van der Waals surface area contributed by atoms with E-state index < -0.39 is 6.23 Å². The second-order valence-corrected chi connectivity index (χ2v) is 7.58. The van der Waals surface area contributed by atoms with Crippen LogP contribution in [0.2, 0.25) is 5.02 Å². The fraction of sp³-hybridized carbons (Fsp3) is 0.318. The van der Waals surface area contributed by atoms with Crippen LogP contribution in [0.3, 0.4) is 0 Å². The number of allylic oxidation sites excluding steroid dienone is 1. The number of ether oxygens (including phenoxy) is 3. The SMILES string of the molecule is CCOc1ccc(C2NNC3OC(N)=C(C#N)C(c4ccc(Cl)cc4)C32)cc1OC. The van der Waals surface area contributed by atoms with Crippen molar-refractivity contribution in [1.29, 1.82) is 5.26 Å². The molecule has 2 aromatic carbocycles. The minimum absolute atomic E-state index is 0.129. The van der Waals surface area contributed by atoms with Crippen LogP contribution in [0.15, 0.2) is 53.9 Å². The zero-order valence-corrected chi connectivity index (χ0v) is 17.4. The second kappa shape index (κ2) is 8.44. The van der Waals surface area contributed by atoms with Gasteiger partial charge in [-0.15, -0.1) is 0 Å². The molecule has 0 saturated carbocycles. The predicted molar refractivity (Wildman–Crippen MR) is 113 cm³/mol. The average Bonchev–Trinajstić information content (AvgIpc) is 3.17. The Hall–Kier alpha value is -2.92. The van der Waals surface area contributed by atoms with Crippen LogP contribution in [0.1, 0.15) is 30.0 Å². The molecule has 0 amide bonds. The second-order valence-electron chi connectivity index (χ2n) is 7.14. The molecule has 0 aromatic heterocycles. The van der Waals surface area contributed by atoms with Crippen LogP contribution in [-0.2, 0) is 4.74 Å². The highest BCUT2D eigenvalue weighted by atomic mass is 35.5. The fourth-order valence-corrected chi connectivity index (χ4v) is 4.33. The van der Waals surface area contributed by atoms with Crippen molar-refractivity contribution in [2.45, 2.75) is 25.1 Å². The van der Waals surface area contributed by atoms with Crippen molar-refractivity contribution in [2.24, 2.45) is 11.7 Å².